The maximum absolute atomic E-state index is 13.0. The highest BCUT2D eigenvalue weighted by Gasteiger charge is 2.47. The van der Waals surface area contributed by atoms with E-state index in [9.17, 15) is 9.59 Å². The van der Waals surface area contributed by atoms with Crippen LogP contribution in [0, 0.1) is 5.92 Å². The summed E-state index contributed by atoms with van der Waals surface area (Å²) in [5.74, 6) is 1.76. The maximum atomic E-state index is 13.0. The van der Waals surface area contributed by atoms with E-state index in [4.69, 9.17) is 4.74 Å². The van der Waals surface area contributed by atoms with Crippen molar-refractivity contribution in [3.8, 4) is 5.75 Å². The summed E-state index contributed by atoms with van der Waals surface area (Å²) in [6.07, 6.45) is 4.23. The van der Waals surface area contributed by atoms with Crippen LogP contribution in [0.1, 0.15) is 35.4 Å². The molecular formula is C21H26N4O3. The molecule has 7 nitrogen and oxygen atoms in total. The van der Waals surface area contributed by atoms with Crippen molar-refractivity contribution in [2.24, 2.45) is 13.0 Å². The van der Waals surface area contributed by atoms with Crippen molar-refractivity contribution < 1.29 is 14.3 Å². The number of piperidine rings is 1. The highest BCUT2D eigenvalue weighted by molar-refractivity contribution is 5.91. The molecule has 1 aromatic carbocycles. The fraction of sp³-hybridized carbons (Fsp3) is 0.476. The molecule has 3 heterocycles. The number of ether oxygens (including phenoxy) is 1. The Morgan fingerprint density at radius 3 is 2.54 bits per heavy atom. The third-order valence-corrected chi connectivity index (χ3v) is 6.18. The van der Waals surface area contributed by atoms with E-state index in [-0.39, 0.29) is 29.7 Å². The number of aryl methyl sites for hydroxylation is 1. The second kappa shape index (κ2) is 7.30. The molecule has 7 heteroatoms. The summed E-state index contributed by atoms with van der Waals surface area (Å²) < 4.78 is 7.03. The van der Waals surface area contributed by atoms with Crippen molar-refractivity contribution in [2.75, 3.05) is 26.7 Å². The van der Waals surface area contributed by atoms with Gasteiger partial charge in [0.15, 0.2) is 5.82 Å². The Morgan fingerprint density at radius 2 is 1.93 bits per heavy atom. The van der Waals surface area contributed by atoms with Gasteiger partial charge in [-0.1, -0.05) is 12.1 Å². The standard InChI is InChI=1S/C21H26N4O3/c1-14(26)25-13-17(15-4-6-16(28-3)7-5-15)18-12-24(10-8-19(18)25)21(27)20-22-9-11-23(20)2/h4-7,9,11,17-19H,8,10,12-13H2,1-3H3/t17-,18-,19-/m1/s1. The lowest BCUT2D eigenvalue weighted by Gasteiger charge is -2.38. The molecule has 1 aromatic heterocycles. The Balaban J connectivity index is 1.60. The maximum Gasteiger partial charge on any atom is 0.289 e. The van der Waals surface area contributed by atoms with Crippen LogP contribution in [-0.2, 0) is 11.8 Å². The summed E-state index contributed by atoms with van der Waals surface area (Å²) in [4.78, 5) is 33.3. The molecule has 0 bridgehead atoms. The fourth-order valence-electron chi connectivity index (χ4n) is 4.70. The van der Waals surface area contributed by atoms with Crippen molar-refractivity contribution in [1.82, 2.24) is 19.4 Å². The minimum Gasteiger partial charge on any atom is -0.497 e. The summed E-state index contributed by atoms with van der Waals surface area (Å²) in [6, 6.07) is 8.24. The summed E-state index contributed by atoms with van der Waals surface area (Å²) in [5.41, 5.74) is 1.19. The normalized spacial score (nSPS) is 24.2. The van der Waals surface area contributed by atoms with Gasteiger partial charge in [-0.05, 0) is 24.1 Å². The Hall–Kier alpha value is -2.83. The number of carbonyl (C=O) groups excluding carboxylic acids is 2. The molecule has 2 aromatic rings. The second-order valence-electron chi connectivity index (χ2n) is 7.68. The third kappa shape index (κ3) is 3.15. The van der Waals surface area contributed by atoms with Crippen LogP contribution in [0.3, 0.4) is 0 Å². The van der Waals surface area contributed by atoms with Crippen LogP contribution < -0.4 is 4.74 Å². The zero-order valence-electron chi connectivity index (χ0n) is 16.5. The SMILES string of the molecule is COc1ccc([C@H]2CN(C(C)=O)[C@@H]3CCN(C(=O)c4nccn4C)C[C@H]23)cc1. The van der Waals surface area contributed by atoms with Gasteiger partial charge >= 0.3 is 0 Å². The molecule has 3 atom stereocenters. The van der Waals surface area contributed by atoms with E-state index in [0.29, 0.717) is 25.5 Å². The van der Waals surface area contributed by atoms with Crippen LogP contribution in [-0.4, -0.2) is 64.0 Å². The van der Waals surface area contributed by atoms with E-state index in [0.717, 1.165) is 12.2 Å². The van der Waals surface area contributed by atoms with E-state index in [1.54, 1.807) is 31.0 Å². The van der Waals surface area contributed by atoms with E-state index in [2.05, 4.69) is 17.1 Å². The molecule has 0 unspecified atom stereocenters. The van der Waals surface area contributed by atoms with Crippen LogP contribution in [0.15, 0.2) is 36.7 Å². The average molecular weight is 382 g/mol. The second-order valence-corrected chi connectivity index (χ2v) is 7.68. The Morgan fingerprint density at radius 1 is 1.18 bits per heavy atom. The Kier molecular flexibility index (Phi) is 4.83. The van der Waals surface area contributed by atoms with Crippen molar-refractivity contribution in [2.45, 2.75) is 25.3 Å². The van der Waals surface area contributed by atoms with E-state index >= 15 is 0 Å². The molecular weight excluding hydrogens is 356 g/mol. The van der Waals surface area contributed by atoms with Crippen molar-refractivity contribution >= 4 is 11.8 Å². The molecule has 2 fully saturated rings. The predicted molar refractivity (Wildman–Crippen MR) is 104 cm³/mol. The minimum absolute atomic E-state index is 0.0410. The van der Waals surface area contributed by atoms with Crippen molar-refractivity contribution in [1.29, 1.82) is 0 Å². The number of carbonyl (C=O) groups is 2. The Bertz CT molecular complexity index is 876. The first-order chi connectivity index (χ1) is 13.5. The number of rotatable bonds is 3. The number of amides is 2. The van der Waals surface area contributed by atoms with Gasteiger partial charge in [0.05, 0.1) is 7.11 Å². The van der Waals surface area contributed by atoms with Gasteiger partial charge in [0.25, 0.3) is 5.91 Å². The summed E-state index contributed by atoms with van der Waals surface area (Å²) in [6.45, 7) is 3.61. The molecule has 0 radical (unpaired) electrons. The lowest BCUT2D eigenvalue weighted by Crippen LogP contribution is -2.49. The van der Waals surface area contributed by atoms with E-state index in [1.165, 1.54) is 5.56 Å². The molecule has 0 aliphatic carbocycles. The topological polar surface area (TPSA) is 67.7 Å². The summed E-state index contributed by atoms with van der Waals surface area (Å²) >= 11 is 0. The smallest absolute Gasteiger partial charge is 0.289 e. The first kappa shape index (κ1) is 18.5. The number of fused-ring (bicyclic) bond motifs is 1. The first-order valence-electron chi connectivity index (χ1n) is 9.67. The van der Waals surface area contributed by atoms with Gasteiger partial charge in [-0.15, -0.1) is 0 Å². The number of aromatic nitrogens is 2. The summed E-state index contributed by atoms with van der Waals surface area (Å²) in [7, 11) is 3.49. The molecule has 4 rings (SSSR count). The average Bonchev–Trinajstić information content (AvgIpc) is 3.30. The third-order valence-electron chi connectivity index (χ3n) is 6.18. The number of likely N-dealkylation sites (tertiary alicyclic amines) is 2. The number of methoxy groups -OCH3 is 1. The monoisotopic (exact) mass is 382 g/mol. The number of imidazole rings is 1. The zero-order chi connectivity index (χ0) is 19.8. The van der Waals surface area contributed by atoms with Gasteiger partial charge in [-0.3, -0.25) is 9.59 Å². The fourth-order valence-corrected chi connectivity index (χ4v) is 4.70. The van der Waals surface area contributed by atoms with E-state index in [1.807, 2.05) is 29.0 Å². The van der Waals surface area contributed by atoms with Gasteiger partial charge in [-0.2, -0.15) is 0 Å². The molecule has 2 aliphatic rings. The van der Waals surface area contributed by atoms with Crippen LogP contribution in [0.4, 0.5) is 0 Å². The first-order valence-corrected chi connectivity index (χ1v) is 9.67. The van der Waals surface area contributed by atoms with Gasteiger partial charge in [-0.25, -0.2) is 4.98 Å². The highest BCUT2D eigenvalue weighted by atomic mass is 16.5. The van der Waals surface area contributed by atoms with Gasteiger partial charge in [0.1, 0.15) is 5.75 Å². The molecule has 148 valence electrons. The number of nitrogens with zero attached hydrogens (tertiary/aromatic N) is 4. The van der Waals surface area contributed by atoms with Gasteiger partial charge < -0.3 is 19.1 Å². The molecule has 28 heavy (non-hydrogen) atoms. The van der Waals surface area contributed by atoms with Crippen LogP contribution >= 0.6 is 0 Å². The predicted octanol–water partition coefficient (Wildman–Crippen LogP) is 1.91. The molecule has 0 spiro atoms. The van der Waals surface area contributed by atoms with Crippen LogP contribution in [0.2, 0.25) is 0 Å². The highest BCUT2D eigenvalue weighted by Crippen LogP contribution is 2.42. The summed E-state index contributed by atoms with van der Waals surface area (Å²) in [5, 5.41) is 0. The lowest BCUT2D eigenvalue weighted by molar-refractivity contribution is -0.130. The molecule has 0 saturated carbocycles. The van der Waals surface area contributed by atoms with Gasteiger partial charge in [0, 0.05) is 63.9 Å². The molecule has 2 saturated heterocycles. The minimum atomic E-state index is -0.0410. The van der Waals surface area contributed by atoms with Crippen molar-refractivity contribution in [3.63, 3.8) is 0 Å². The number of benzene rings is 1. The van der Waals surface area contributed by atoms with Crippen LogP contribution in [0.5, 0.6) is 5.75 Å². The van der Waals surface area contributed by atoms with E-state index < -0.39 is 0 Å². The van der Waals surface area contributed by atoms with Gasteiger partial charge in [0.2, 0.25) is 5.91 Å². The molecule has 2 amide bonds. The lowest BCUT2D eigenvalue weighted by atomic mass is 9.81. The number of hydrogen-bond acceptors (Lipinski definition) is 4. The molecule has 2 aliphatic heterocycles. The van der Waals surface area contributed by atoms with Crippen LogP contribution in [0.25, 0.3) is 0 Å². The molecule has 0 N–H and O–H groups in total. The quantitative estimate of drug-likeness (QED) is 0.813. The van der Waals surface area contributed by atoms with Crippen molar-refractivity contribution in [3.05, 3.63) is 48.0 Å². The zero-order valence-corrected chi connectivity index (χ0v) is 16.5. The largest absolute Gasteiger partial charge is 0.497 e. The Labute approximate surface area is 164 Å². The number of hydrogen-bond donors (Lipinski definition) is 0.